The third-order valence-corrected chi connectivity index (χ3v) is 15.4. The van der Waals surface area contributed by atoms with Crippen LogP contribution in [0.5, 0.6) is 0 Å². The standard InChI is InChI=1S/C68H54/c1-39-9-13-43(14-10-39)47-33-59-51-27-21-45(41-17-23-49(24-18-41)67(3,4)5)31-55(51)63-37-57-53(61(35-47)65(59)63)29-30-54-58(57)38-64-56-32-46(42-19-25-50(26-20-42)68(6,7)8)22-28-52(56)60-34-48(36-62(54)66(60)64)44-15-11-40(2)12-16-44/h9-38H,1-8H3. The lowest BCUT2D eigenvalue weighted by molar-refractivity contribution is 0.590. The Kier molecular flexibility index (Phi) is 8.67. The molecule has 0 amide bonds. The zero-order valence-corrected chi connectivity index (χ0v) is 40.3. The average Bonchev–Trinajstić information content (AvgIpc) is 3.83. The van der Waals surface area contributed by atoms with Crippen LogP contribution in [0.3, 0.4) is 0 Å². The van der Waals surface area contributed by atoms with E-state index in [0.717, 1.165) is 0 Å². The lowest BCUT2D eigenvalue weighted by Gasteiger charge is -2.19. The predicted octanol–water partition coefficient (Wildman–Crippen LogP) is 19.7. The van der Waals surface area contributed by atoms with Gasteiger partial charge < -0.3 is 0 Å². The minimum Gasteiger partial charge on any atom is -0.0587 e. The van der Waals surface area contributed by atoms with E-state index in [4.69, 9.17) is 0 Å². The molecule has 0 saturated carbocycles. The molecule has 0 fully saturated rings. The van der Waals surface area contributed by atoms with Gasteiger partial charge in [-0.15, -0.1) is 0 Å². The first-order chi connectivity index (χ1) is 32.7. The summed E-state index contributed by atoms with van der Waals surface area (Å²) in [4.78, 5) is 0. The van der Waals surface area contributed by atoms with Crippen molar-refractivity contribution in [3.05, 3.63) is 204 Å². The summed E-state index contributed by atoms with van der Waals surface area (Å²) in [7, 11) is 0. The van der Waals surface area contributed by atoms with Gasteiger partial charge in [0.05, 0.1) is 0 Å². The molecule has 0 spiro atoms. The molecule has 0 heterocycles. The van der Waals surface area contributed by atoms with E-state index in [-0.39, 0.29) is 10.8 Å². The quantitative estimate of drug-likeness (QED) is 0.155. The molecule has 0 saturated heterocycles. The minimum atomic E-state index is 0.101. The van der Waals surface area contributed by atoms with Gasteiger partial charge in [0, 0.05) is 0 Å². The van der Waals surface area contributed by atoms with Crippen LogP contribution in [0.1, 0.15) is 63.8 Å². The van der Waals surface area contributed by atoms with Crippen LogP contribution < -0.4 is 0 Å². The summed E-state index contributed by atoms with van der Waals surface area (Å²) in [5.74, 6) is 0. The van der Waals surface area contributed by atoms with Crippen molar-refractivity contribution in [1.29, 1.82) is 0 Å². The van der Waals surface area contributed by atoms with E-state index in [1.165, 1.54) is 153 Å². The number of aryl methyl sites for hydroxylation is 2. The number of rotatable bonds is 4. The van der Waals surface area contributed by atoms with Crippen LogP contribution in [-0.4, -0.2) is 0 Å². The van der Waals surface area contributed by atoms with E-state index >= 15 is 0 Å². The van der Waals surface area contributed by atoms with Gasteiger partial charge in [-0.05, 0) is 215 Å². The minimum absolute atomic E-state index is 0.101. The Morgan fingerprint density at radius 1 is 0.206 bits per heavy atom. The number of hydrogen-bond acceptors (Lipinski definition) is 0. The van der Waals surface area contributed by atoms with Gasteiger partial charge in [0.2, 0.25) is 0 Å². The van der Waals surface area contributed by atoms with Crippen molar-refractivity contribution in [3.8, 4) is 44.5 Å². The van der Waals surface area contributed by atoms with Gasteiger partial charge in [-0.3, -0.25) is 0 Å². The highest BCUT2D eigenvalue weighted by Crippen LogP contribution is 2.50. The first-order valence-electron chi connectivity index (χ1n) is 24.4. The lowest BCUT2D eigenvalue weighted by Crippen LogP contribution is -2.10. The van der Waals surface area contributed by atoms with Crippen molar-refractivity contribution < 1.29 is 0 Å². The topological polar surface area (TPSA) is 0 Å². The Morgan fingerprint density at radius 2 is 0.441 bits per heavy atom. The van der Waals surface area contributed by atoms with Crippen LogP contribution in [0.4, 0.5) is 0 Å². The van der Waals surface area contributed by atoms with Gasteiger partial charge in [-0.25, -0.2) is 0 Å². The number of benzene rings is 11. The second kappa shape index (κ2) is 14.5. The molecule has 0 bridgehead atoms. The Balaban J connectivity index is 1.13. The van der Waals surface area contributed by atoms with Gasteiger partial charge in [0.15, 0.2) is 0 Å². The van der Waals surface area contributed by atoms with E-state index in [2.05, 4.69) is 237 Å². The fourth-order valence-corrected chi connectivity index (χ4v) is 11.5. The van der Waals surface area contributed by atoms with Gasteiger partial charge >= 0.3 is 0 Å². The maximum Gasteiger partial charge on any atom is -0.00195 e. The molecule has 0 N–H and O–H groups in total. The van der Waals surface area contributed by atoms with Crippen LogP contribution in [0.2, 0.25) is 0 Å². The first-order valence-corrected chi connectivity index (χ1v) is 24.4. The van der Waals surface area contributed by atoms with Gasteiger partial charge in [0.1, 0.15) is 0 Å². The highest BCUT2D eigenvalue weighted by atomic mass is 14.3. The molecule has 0 aliphatic heterocycles. The third kappa shape index (κ3) is 6.27. The van der Waals surface area contributed by atoms with Crippen LogP contribution in [0.25, 0.3) is 131 Å². The van der Waals surface area contributed by atoms with E-state index < -0.39 is 0 Å². The summed E-state index contributed by atoms with van der Waals surface area (Å²) in [5.41, 5.74) is 15.4. The van der Waals surface area contributed by atoms with Crippen LogP contribution in [-0.2, 0) is 10.8 Å². The second-order valence-corrected chi connectivity index (χ2v) is 21.9. The fourth-order valence-electron chi connectivity index (χ4n) is 11.5. The van der Waals surface area contributed by atoms with Crippen LogP contribution in [0.15, 0.2) is 182 Å². The molecular formula is C68H54. The van der Waals surface area contributed by atoms with E-state index in [9.17, 15) is 0 Å². The van der Waals surface area contributed by atoms with E-state index in [1.54, 1.807) is 0 Å². The zero-order valence-electron chi connectivity index (χ0n) is 40.3. The SMILES string of the molecule is Cc1ccc(-c2cc3c4ccc5c(cc6c7cc(-c8ccc(C(C)(C)C)cc8)ccc7c7cc(-c8ccc(C)cc8)cc5c76)c4cc4c5cc(-c6ccc(C(C)(C)C)cc6)ccc5c(c2)c34)cc1. The zero-order chi connectivity index (χ0) is 46.4. The van der Waals surface area contributed by atoms with Crippen molar-refractivity contribution in [2.24, 2.45) is 0 Å². The summed E-state index contributed by atoms with van der Waals surface area (Å²) in [5, 5.41) is 21.0. The molecule has 13 aromatic rings. The van der Waals surface area contributed by atoms with Crippen molar-refractivity contribution in [2.45, 2.75) is 66.2 Å². The largest absolute Gasteiger partial charge is 0.0587 e. The summed E-state index contributed by atoms with van der Waals surface area (Å²) >= 11 is 0. The summed E-state index contributed by atoms with van der Waals surface area (Å²) in [6.45, 7) is 18.1. The molecule has 13 rings (SSSR count). The first kappa shape index (κ1) is 40.7. The molecule has 0 radical (unpaired) electrons. The fraction of sp³-hybridized carbons (Fsp3) is 0.147. The molecule has 0 nitrogen and oxygen atoms in total. The van der Waals surface area contributed by atoms with Gasteiger partial charge in [-0.2, -0.15) is 0 Å². The smallest absolute Gasteiger partial charge is 0.00195 e. The average molecular weight is 871 g/mol. The molecule has 326 valence electrons. The monoisotopic (exact) mass is 870 g/mol. The molecule has 0 heteroatoms. The second-order valence-electron chi connectivity index (χ2n) is 21.9. The van der Waals surface area contributed by atoms with E-state index in [1.807, 2.05) is 0 Å². The number of fused-ring (bicyclic) bond motifs is 11. The summed E-state index contributed by atoms with van der Waals surface area (Å²) in [6, 6.07) is 70.6. The van der Waals surface area contributed by atoms with Gasteiger partial charge in [0.25, 0.3) is 0 Å². The van der Waals surface area contributed by atoms with Gasteiger partial charge in [-0.1, -0.05) is 186 Å². The normalized spacial score (nSPS) is 12.7. The molecule has 0 aliphatic carbocycles. The Hall–Kier alpha value is -7.54. The number of hydrogen-bond donors (Lipinski definition) is 0. The molecule has 68 heavy (non-hydrogen) atoms. The Labute approximate surface area is 399 Å². The third-order valence-electron chi connectivity index (χ3n) is 15.4. The maximum atomic E-state index is 2.54. The molecule has 13 aromatic carbocycles. The predicted molar refractivity (Wildman–Crippen MR) is 297 cm³/mol. The van der Waals surface area contributed by atoms with Crippen molar-refractivity contribution >= 4 is 86.2 Å². The van der Waals surface area contributed by atoms with Crippen molar-refractivity contribution in [3.63, 3.8) is 0 Å². The van der Waals surface area contributed by atoms with E-state index in [0.29, 0.717) is 0 Å². The molecule has 0 atom stereocenters. The van der Waals surface area contributed by atoms with Crippen LogP contribution >= 0.6 is 0 Å². The molecule has 0 aliphatic rings. The highest BCUT2D eigenvalue weighted by molar-refractivity contribution is 6.41. The Bertz CT molecular complexity index is 3880. The Morgan fingerprint density at radius 3 is 0.765 bits per heavy atom. The summed E-state index contributed by atoms with van der Waals surface area (Å²) in [6.07, 6.45) is 0. The summed E-state index contributed by atoms with van der Waals surface area (Å²) < 4.78 is 0. The van der Waals surface area contributed by atoms with Crippen LogP contribution in [0, 0.1) is 13.8 Å². The lowest BCUT2D eigenvalue weighted by atomic mass is 9.86. The highest BCUT2D eigenvalue weighted by Gasteiger charge is 2.22. The molecule has 0 aromatic heterocycles. The van der Waals surface area contributed by atoms with Crippen molar-refractivity contribution in [1.82, 2.24) is 0 Å². The van der Waals surface area contributed by atoms with Crippen molar-refractivity contribution in [2.75, 3.05) is 0 Å². The molecule has 0 unspecified atom stereocenters. The molecular weight excluding hydrogens is 817 g/mol. The maximum absolute atomic E-state index is 2.54.